The Bertz CT molecular complexity index is 406. The number of hydrogen-bond donors (Lipinski definition) is 0. The molecule has 0 spiro atoms. The zero-order valence-corrected chi connectivity index (χ0v) is 10.7. The van der Waals surface area contributed by atoms with Crippen molar-refractivity contribution in [1.82, 2.24) is 4.90 Å². The number of halogens is 1. The van der Waals surface area contributed by atoms with Gasteiger partial charge in [-0.15, -0.1) is 5.73 Å². The summed E-state index contributed by atoms with van der Waals surface area (Å²) in [7, 11) is 0. The summed E-state index contributed by atoms with van der Waals surface area (Å²) in [4.78, 5) is 12.9. The van der Waals surface area contributed by atoms with Crippen LogP contribution in [0.4, 0.5) is 0 Å². The number of benzene rings is 1. The Hall–Kier alpha value is -1.06. The molecular weight excluding hydrogens is 301 g/mol. The summed E-state index contributed by atoms with van der Waals surface area (Å²) in [5.41, 5.74) is 3.74. The van der Waals surface area contributed by atoms with Crippen molar-refractivity contribution in [1.29, 1.82) is 0 Å². The molecule has 0 radical (unpaired) electrons. The molecule has 78 valence electrons. The molecule has 1 aromatic rings. The number of rotatable bonds is 3. The van der Waals surface area contributed by atoms with Gasteiger partial charge in [0.25, 0.3) is 0 Å². The predicted molar refractivity (Wildman–Crippen MR) is 69.1 cm³/mol. The van der Waals surface area contributed by atoms with E-state index in [9.17, 15) is 4.79 Å². The molecule has 0 saturated carbocycles. The molecule has 0 aliphatic carbocycles. The lowest BCUT2D eigenvalue weighted by Crippen LogP contribution is -2.22. The summed E-state index contributed by atoms with van der Waals surface area (Å²) in [6.45, 7) is 5.57. The van der Waals surface area contributed by atoms with Gasteiger partial charge in [0.05, 0.1) is 6.54 Å². The van der Waals surface area contributed by atoms with Crippen LogP contribution in [0.2, 0.25) is 0 Å². The maximum absolute atomic E-state index is 11.3. The molecule has 0 aliphatic rings. The molecular formula is C12H12INO. The van der Waals surface area contributed by atoms with Gasteiger partial charge in [-0.1, -0.05) is 24.8 Å². The summed E-state index contributed by atoms with van der Waals surface area (Å²) in [6.07, 6.45) is 1.57. The topological polar surface area (TPSA) is 20.3 Å². The van der Waals surface area contributed by atoms with Crippen molar-refractivity contribution in [2.45, 2.75) is 13.5 Å². The summed E-state index contributed by atoms with van der Waals surface area (Å²) < 4.78 is 1.15. The van der Waals surface area contributed by atoms with Crippen molar-refractivity contribution in [2.24, 2.45) is 0 Å². The van der Waals surface area contributed by atoms with Crippen molar-refractivity contribution in [3.05, 3.63) is 51.9 Å². The van der Waals surface area contributed by atoms with Crippen molar-refractivity contribution in [3.8, 4) is 0 Å². The van der Waals surface area contributed by atoms with E-state index >= 15 is 0 Å². The summed E-state index contributed by atoms with van der Waals surface area (Å²) in [6, 6.07) is 7.97. The van der Waals surface area contributed by atoms with Gasteiger partial charge in [-0.3, -0.25) is 4.79 Å². The van der Waals surface area contributed by atoms with E-state index in [-0.39, 0.29) is 5.91 Å². The fraction of sp³-hybridized carbons (Fsp3) is 0.167. The highest BCUT2D eigenvalue weighted by atomic mass is 127. The smallest absolute Gasteiger partial charge is 0.224 e. The SMILES string of the molecule is C=C=CN(Cc1ccccc1I)C(C)=O. The Kier molecular flexibility index (Phi) is 4.59. The lowest BCUT2D eigenvalue weighted by molar-refractivity contribution is -0.126. The maximum Gasteiger partial charge on any atom is 0.224 e. The van der Waals surface area contributed by atoms with E-state index in [2.05, 4.69) is 34.9 Å². The minimum Gasteiger partial charge on any atom is -0.308 e. The largest absolute Gasteiger partial charge is 0.308 e. The van der Waals surface area contributed by atoms with Gasteiger partial charge in [-0.05, 0) is 34.2 Å². The van der Waals surface area contributed by atoms with Crippen LogP contribution in [-0.4, -0.2) is 10.8 Å². The second-order valence-corrected chi connectivity index (χ2v) is 4.23. The van der Waals surface area contributed by atoms with Crippen LogP contribution in [0.1, 0.15) is 12.5 Å². The zero-order valence-electron chi connectivity index (χ0n) is 8.53. The van der Waals surface area contributed by atoms with E-state index in [0.717, 1.165) is 9.13 Å². The molecule has 1 aromatic carbocycles. The number of carbonyl (C=O) groups is 1. The normalized spacial score (nSPS) is 9.20. The molecule has 0 atom stereocenters. The Morgan fingerprint density at radius 2 is 2.27 bits per heavy atom. The van der Waals surface area contributed by atoms with Crippen LogP contribution < -0.4 is 0 Å². The average molecular weight is 313 g/mol. The van der Waals surface area contributed by atoms with E-state index in [1.807, 2.05) is 24.3 Å². The van der Waals surface area contributed by atoms with Crippen molar-refractivity contribution >= 4 is 28.5 Å². The van der Waals surface area contributed by atoms with Crippen LogP contribution in [0.3, 0.4) is 0 Å². The molecule has 15 heavy (non-hydrogen) atoms. The molecule has 1 amide bonds. The van der Waals surface area contributed by atoms with Crippen LogP contribution in [0.25, 0.3) is 0 Å². The summed E-state index contributed by atoms with van der Waals surface area (Å²) >= 11 is 2.26. The lowest BCUT2D eigenvalue weighted by atomic mass is 10.2. The number of carbonyl (C=O) groups excluding carboxylic acids is 1. The van der Waals surface area contributed by atoms with Crippen LogP contribution in [0, 0.1) is 3.57 Å². The molecule has 3 heteroatoms. The van der Waals surface area contributed by atoms with Crippen LogP contribution in [0.15, 0.2) is 42.8 Å². The molecule has 0 heterocycles. The third-order valence-electron chi connectivity index (χ3n) is 1.95. The zero-order chi connectivity index (χ0) is 11.3. The second kappa shape index (κ2) is 5.73. The van der Waals surface area contributed by atoms with Crippen molar-refractivity contribution in [2.75, 3.05) is 0 Å². The van der Waals surface area contributed by atoms with Gasteiger partial charge in [0.2, 0.25) is 5.91 Å². The molecule has 0 aliphatic heterocycles. The predicted octanol–water partition coefficient (Wildman–Crippen LogP) is 2.94. The third kappa shape index (κ3) is 3.53. The molecule has 0 bridgehead atoms. The Labute approximate surface area is 103 Å². The minimum absolute atomic E-state index is 0.00852. The van der Waals surface area contributed by atoms with Gasteiger partial charge in [-0.25, -0.2) is 0 Å². The Balaban J connectivity index is 2.88. The fourth-order valence-corrected chi connectivity index (χ4v) is 1.73. The van der Waals surface area contributed by atoms with Crippen LogP contribution in [-0.2, 0) is 11.3 Å². The van der Waals surface area contributed by atoms with E-state index in [1.165, 1.54) is 6.92 Å². The van der Waals surface area contributed by atoms with E-state index in [4.69, 9.17) is 0 Å². The molecule has 0 saturated heterocycles. The average Bonchev–Trinajstić information content (AvgIpc) is 2.20. The van der Waals surface area contributed by atoms with Gasteiger partial charge in [0.15, 0.2) is 0 Å². The van der Waals surface area contributed by atoms with Gasteiger partial charge in [-0.2, -0.15) is 0 Å². The molecule has 0 unspecified atom stereocenters. The number of amides is 1. The molecule has 1 rings (SSSR count). The molecule has 0 N–H and O–H groups in total. The van der Waals surface area contributed by atoms with Crippen molar-refractivity contribution < 1.29 is 4.79 Å². The first kappa shape index (κ1) is 12.0. The maximum atomic E-state index is 11.3. The lowest BCUT2D eigenvalue weighted by Gasteiger charge is -2.16. The summed E-state index contributed by atoms with van der Waals surface area (Å²) in [5, 5.41) is 0. The first-order valence-corrected chi connectivity index (χ1v) is 5.59. The van der Waals surface area contributed by atoms with E-state index in [0.29, 0.717) is 6.54 Å². The van der Waals surface area contributed by atoms with Crippen molar-refractivity contribution in [3.63, 3.8) is 0 Å². The Morgan fingerprint density at radius 1 is 1.60 bits per heavy atom. The third-order valence-corrected chi connectivity index (χ3v) is 3.00. The highest BCUT2D eigenvalue weighted by Gasteiger charge is 2.07. The quantitative estimate of drug-likeness (QED) is 0.621. The highest BCUT2D eigenvalue weighted by molar-refractivity contribution is 14.1. The second-order valence-electron chi connectivity index (χ2n) is 3.07. The van der Waals surface area contributed by atoms with Gasteiger partial charge in [0.1, 0.15) is 0 Å². The Morgan fingerprint density at radius 3 is 2.80 bits per heavy atom. The number of hydrogen-bond acceptors (Lipinski definition) is 1. The number of nitrogens with zero attached hydrogens (tertiary/aromatic N) is 1. The standard InChI is InChI=1S/C12H12INO/c1-3-8-14(10(2)15)9-11-6-4-5-7-12(11)13/h4-8H,1,9H2,2H3. The van der Waals surface area contributed by atoms with Gasteiger partial charge in [0, 0.05) is 16.7 Å². The molecule has 0 aromatic heterocycles. The minimum atomic E-state index is -0.00852. The van der Waals surface area contributed by atoms with Gasteiger partial charge < -0.3 is 4.90 Å². The first-order chi connectivity index (χ1) is 7.15. The van der Waals surface area contributed by atoms with E-state index in [1.54, 1.807) is 11.1 Å². The van der Waals surface area contributed by atoms with Crippen LogP contribution >= 0.6 is 22.6 Å². The summed E-state index contributed by atoms with van der Waals surface area (Å²) in [5.74, 6) is -0.00852. The first-order valence-electron chi connectivity index (χ1n) is 4.51. The van der Waals surface area contributed by atoms with Crippen LogP contribution in [0.5, 0.6) is 0 Å². The molecule has 2 nitrogen and oxygen atoms in total. The monoisotopic (exact) mass is 313 g/mol. The highest BCUT2D eigenvalue weighted by Crippen LogP contribution is 2.14. The van der Waals surface area contributed by atoms with Gasteiger partial charge >= 0.3 is 0 Å². The molecule has 0 fully saturated rings. The fourth-order valence-electron chi connectivity index (χ4n) is 1.17. The van der Waals surface area contributed by atoms with E-state index < -0.39 is 0 Å².